The fourth-order valence-electron chi connectivity index (χ4n) is 5.83. The van der Waals surface area contributed by atoms with Gasteiger partial charge in [0, 0.05) is 40.7 Å². The van der Waals surface area contributed by atoms with Gasteiger partial charge in [-0.25, -0.2) is 4.98 Å². The first-order valence-electron chi connectivity index (χ1n) is 12.8. The number of pyridine rings is 3. The standard InChI is InChI=1S/C35H21N3/c1-2-8-31-22(6-1)12-17-33(38-31)30-20-29(32-9-3-4-19-37-32)27-14-11-23-10-13-25(24-7-5-18-36-21-24)26-15-16-28(30)35(27)34(23)26/h1-21H. The Bertz CT molecular complexity index is 2120. The first-order valence-corrected chi connectivity index (χ1v) is 12.8. The summed E-state index contributed by atoms with van der Waals surface area (Å²) in [6.07, 6.45) is 5.62. The van der Waals surface area contributed by atoms with E-state index in [2.05, 4.69) is 96.0 Å². The van der Waals surface area contributed by atoms with Crippen LogP contribution in [-0.4, -0.2) is 15.0 Å². The highest BCUT2D eigenvalue weighted by Crippen LogP contribution is 2.45. The highest BCUT2D eigenvalue weighted by molar-refractivity contribution is 6.29. The maximum atomic E-state index is 5.10. The molecule has 3 heterocycles. The van der Waals surface area contributed by atoms with E-state index in [4.69, 9.17) is 9.97 Å². The average Bonchev–Trinajstić information content (AvgIpc) is 3.00. The number of para-hydroxylation sites is 1. The van der Waals surface area contributed by atoms with Crippen molar-refractivity contribution in [2.45, 2.75) is 0 Å². The van der Waals surface area contributed by atoms with Crippen LogP contribution in [0.2, 0.25) is 0 Å². The highest BCUT2D eigenvalue weighted by Gasteiger charge is 2.19. The summed E-state index contributed by atoms with van der Waals surface area (Å²) in [5.74, 6) is 0. The zero-order valence-corrected chi connectivity index (χ0v) is 20.5. The largest absolute Gasteiger partial charge is 0.264 e. The summed E-state index contributed by atoms with van der Waals surface area (Å²) in [6.45, 7) is 0. The third-order valence-corrected chi connectivity index (χ3v) is 7.57. The molecular formula is C35H21N3. The van der Waals surface area contributed by atoms with E-state index in [1.165, 1.54) is 37.9 Å². The zero-order chi connectivity index (χ0) is 25.1. The maximum Gasteiger partial charge on any atom is 0.0716 e. The molecular weight excluding hydrogens is 462 g/mol. The fraction of sp³-hybridized carbons (Fsp3) is 0. The molecule has 0 amide bonds. The molecule has 0 fully saturated rings. The van der Waals surface area contributed by atoms with Gasteiger partial charge < -0.3 is 0 Å². The molecule has 0 atom stereocenters. The third kappa shape index (κ3) is 3.12. The molecule has 8 rings (SSSR count). The Morgan fingerprint density at radius 1 is 0.474 bits per heavy atom. The van der Waals surface area contributed by atoms with Gasteiger partial charge in [-0.1, -0.05) is 72.8 Å². The van der Waals surface area contributed by atoms with Gasteiger partial charge in [-0.05, 0) is 74.3 Å². The van der Waals surface area contributed by atoms with Crippen LogP contribution in [0.1, 0.15) is 0 Å². The Morgan fingerprint density at radius 3 is 2.08 bits per heavy atom. The Hall–Kier alpha value is -5.15. The molecule has 0 aliphatic carbocycles. The van der Waals surface area contributed by atoms with Crippen molar-refractivity contribution in [3.63, 3.8) is 0 Å². The SMILES string of the molecule is c1ccc(-c2cc(-c3ccc4ccccc4n3)c3ccc4c(-c5cccnc5)ccc5ccc2c3c54)nc1. The van der Waals surface area contributed by atoms with Crippen molar-refractivity contribution in [3.05, 3.63) is 128 Å². The molecule has 0 bridgehead atoms. The molecule has 0 spiro atoms. The molecule has 0 N–H and O–H groups in total. The van der Waals surface area contributed by atoms with E-state index < -0.39 is 0 Å². The van der Waals surface area contributed by atoms with Crippen LogP contribution in [0.15, 0.2) is 128 Å². The van der Waals surface area contributed by atoms with Gasteiger partial charge in [0.2, 0.25) is 0 Å². The Balaban J connectivity index is 1.53. The predicted octanol–water partition coefficient (Wildman–Crippen LogP) is 8.92. The van der Waals surface area contributed by atoms with Crippen LogP contribution >= 0.6 is 0 Å². The Kier molecular flexibility index (Phi) is 4.52. The molecule has 0 saturated heterocycles. The lowest BCUT2D eigenvalue weighted by Crippen LogP contribution is -1.94. The lowest BCUT2D eigenvalue weighted by atomic mass is 9.85. The smallest absolute Gasteiger partial charge is 0.0716 e. The number of benzene rings is 5. The van der Waals surface area contributed by atoms with E-state index in [0.29, 0.717) is 0 Å². The van der Waals surface area contributed by atoms with Gasteiger partial charge in [0.05, 0.1) is 16.9 Å². The molecule has 0 unspecified atom stereocenters. The minimum atomic E-state index is 0.958. The molecule has 0 radical (unpaired) electrons. The number of fused-ring (bicyclic) bond motifs is 1. The number of hydrogen-bond donors (Lipinski definition) is 0. The van der Waals surface area contributed by atoms with Gasteiger partial charge in [-0.15, -0.1) is 0 Å². The van der Waals surface area contributed by atoms with Crippen LogP contribution in [0, 0.1) is 0 Å². The van der Waals surface area contributed by atoms with E-state index in [1.54, 1.807) is 0 Å². The molecule has 0 aliphatic rings. The zero-order valence-electron chi connectivity index (χ0n) is 20.5. The Labute approximate surface area is 219 Å². The number of rotatable bonds is 3. The first kappa shape index (κ1) is 21.0. The molecule has 8 aromatic rings. The summed E-state index contributed by atoms with van der Waals surface area (Å²) in [4.78, 5) is 14.2. The molecule has 3 nitrogen and oxygen atoms in total. The van der Waals surface area contributed by atoms with Crippen molar-refractivity contribution in [2.75, 3.05) is 0 Å². The quantitative estimate of drug-likeness (QED) is 0.235. The summed E-state index contributed by atoms with van der Waals surface area (Å²) in [5, 5.41) is 8.50. The third-order valence-electron chi connectivity index (χ3n) is 7.57. The lowest BCUT2D eigenvalue weighted by molar-refractivity contribution is 1.33. The van der Waals surface area contributed by atoms with E-state index >= 15 is 0 Å². The van der Waals surface area contributed by atoms with Crippen molar-refractivity contribution in [2.24, 2.45) is 0 Å². The molecule has 176 valence electrons. The van der Waals surface area contributed by atoms with Crippen molar-refractivity contribution in [3.8, 4) is 33.6 Å². The average molecular weight is 484 g/mol. The minimum absolute atomic E-state index is 0.958. The summed E-state index contributed by atoms with van der Waals surface area (Å²) in [7, 11) is 0. The van der Waals surface area contributed by atoms with Crippen molar-refractivity contribution >= 4 is 43.2 Å². The van der Waals surface area contributed by atoms with E-state index in [-0.39, 0.29) is 0 Å². The molecule has 0 saturated carbocycles. The van der Waals surface area contributed by atoms with Gasteiger partial charge in [0.1, 0.15) is 0 Å². The lowest BCUT2D eigenvalue weighted by Gasteiger charge is -2.19. The van der Waals surface area contributed by atoms with Crippen LogP contribution in [0.5, 0.6) is 0 Å². The molecule has 5 aromatic carbocycles. The first-order chi connectivity index (χ1) is 18.8. The second kappa shape index (κ2) is 8.19. The van der Waals surface area contributed by atoms with Crippen LogP contribution in [0.3, 0.4) is 0 Å². The molecule has 3 aromatic heterocycles. The van der Waals surface area contributed by atoms with Crippen LogP contribution in [0.4, 0.5) is 0 Å². The van der Waals surface area contributed by atoms with E-state index in [1.807, 2.05) is 36.8 Å². The minimum Gasteiger partial charge on any atom is -0.264 e. The van der Waals surface area contributed by atoms with Crippen molar-refractivity contribution in [1.82, 2.24) is 15.0 Å². The van der Waals surface area contributed by atoms with E-state index in [9.17, 15) is 0 Å². The van der Waals surface area contributed by atoms with Gasteiger partial charge >= 0.3 is 0 Å². The van der Waals surface area contributed by atoms with Crippen molar-refractivity contribution in [1.29, 1.82) is 0 Å². The number of hydrogen-bond acceptors (Lipinski definition) is 3. The summed E-state index contributed by atoms with van der Waals surface area (Å²) in [5.41, 5.74) is 7.45. The Morgan fingerprint density at radius 2 is 1.24 bits per heavy atom. The second-order valence-corrected chi connectivity index (χ2v) is 9.68. The predicted molar refractivity (Wildman–Crippen MR) is 157 cm³/mol. The monoisotopic (exact) mass is 483 g/mol. The molecule has 3 heteroatoms. The van der Waals surface area contributed by atoms with E-state index in [0.717, 1.165) is 39.0 Å². The van der Waals surface area contributed by atoms with Crippen LogP contribution < -0.4 is 0 Å². The summed E-state index contributed by atoms with van der Waals surface area (Å²) in [6, 6.07) is 38.5. The topological polar surface area (TPSA) is 38.7 Å². The van der Waals surface area contributed by atoms with Gasteiger partial charge in [-0.3, -0.25) is 9.97 Å². The second-order valence-electron chi connectivity index (χ2n) is 9.68. The molecule has 38 heavy (non-hydrogen) atoms. The van der Waals surface area contributed by atoms with Crippen LogP contribution in [0.25, 0.3) is 76.9 Å². The number of aromatic nitrogens is 3. The maximum absolute atomic E-state index is 5.10. The van der Waals surface area contributed by atoms with Gasteiger partial charge in [0.25, 0.3) is 0 Å². The van der Waals surface area contributed by atoms with Crippen LogP contribution in [-0.2, 0) is 0 Å². The summed E-state index contributed by atoms with van der Waals surface area (Å²) >= 11 is 0. The normalized spacial score (nSPS) is 11.7. The fourth-order valence-corrected chi connectivity index (χ4v) is 5.83. The molecule has 0 aliphatic heterocycles. The number of nitrogens with zero attached hydrogens (tertiary/aromatic N) is 3. The van der Waals surface area contributed by atoms with Gasteiger partial charge in [-0.2, -0.15) is 0 Å². The van der Waals surface area contributed by atoms with Crippen molar-refractivity contribution < 1.29 is 0 Å². The van der Waals surface area contributed by atoms with Gasteiger partial charge in [0.15, 0.2) is 0 Å². The summed E-state index contributed by atoms with van der Waals surface area (Å²) < 4.78 is 0. The highest BCUT2D eigenvalue weighted by atomic mass is 14.7.